The van der Waals surface area contributed by atoms with Crippen molar-refractivity contribution < 1.29 is 9.18 Å². The van der Waals surface area contributed by atoms with Crippen molar-refractivity contribution in [1.82, 2.24) is 0 Å². The molecule has 0 amide bonds. The van der Waals surface area contributed by atoms with Gasteiger partial charge in [-0.1, -0.05) is 36.8 Å². The molecule has 0 atom stereocenters. The number of rotatable bonds is 3. The van der Waals surface area contributed by atoms with E-state index in [1.54, 1.807) is 18.2 Å². The van der Waals surface area contributed by atoms with E-state index in [1.807, 2.05) is 18.2 Å². The zero-order valence-electron chi connectivity index (χ0n) is 10.9. The van der Waals surface area contributed by atoms with Crippen molar-refractivity contribution in [2.45, 2.75) is 25.2 Å². The summed E-state index contributed by atoms with van der Waals surface area (Å²) in [6.45, 7) is 0. The third-order valence-electron chi connectivity index (χ3n) is 3.94. The van der Waals surface area contributed by atoms with Crippen LogP contribution in [-0.2, 0) is 0 Å². The lowest BCUT2D eigenvalue weighted by atomic mass is 9.77. The molecule has 1 nitrogen and oxygen atoms in total. The van der Waals surface area contributed by atoms with Gasteiger partial charge in [-0.15, -0.1) is 0 Å². The van der Waals surface area contributed by atoms with E-state index in [0.29, 0.717) is 16.0 Å². The summed E-state index contributed by atoms with van der Waals surface area (Å²) in [6.07, 6.45) is 3.43. The molecule has 0 aromatic heterocycles. The number of ketones is 1. The largest absolute Gasteiger partial charge is 0.288 e. The number of hydrogen-bond donors (Lipinski definition) is 0. The monoisotopic (exact) mass is 332 g/mol. The molecule has 102 valence electrons. The molecule has 0 unspecified atom stereocenters. The topological polar surface area (TPSA) is 17.1 Å². The minimum absolute atomic E-state index is 0.124. The first-order valence-corrected chi connectivity index (χ1v) is 7.55. The number of halogens is 2. The maximum absolute atomic E-state index is 14.0. The maximum atomic E-state index is 14.0. The molecule has 2 aromatic rings. The van der Waals surface area contributed by atoms with Crippen LogP contribution in [0.2, 0.25) is 0 Å². The Morgan fingerprint density at radius 2 is 1.85 bits per heavy atom. The summed E-state index contributed by atoms with van der Waals surface area (Å²) in [5.74, 6) is -0.272. The molecular weight excluding hydrogens is 319 g/mol. The first-order chi connectivity index (χ1) is 9.68. The Bertz CT molecular complexity index is 642. The van der Waals surface area contributed by atoms with Gasteiger partial charge in [-0.25, -0.2) is 4.39 Å². The predicted molar refractivity (Wildman–Crippen MR) is 80.6 cm³/mol. The summed E-state index contributed by atoms with van der Waals surface area (Å²) in [4.78, 5) is 12.7. The zero-order valence-corrected chi connectivity index (χ0v) is 12.5. The van der Waals surface area contributed by atoms with Crippen LogP contribution in [-0.4, -0.2) is 5.78 Å². The minimum Gasteiger partial charge on any atom is -0.288 e. The van der Waals surface area contributed by atoms with E-state index < -0.39 is 5.82 Å². The van der Waals surface area contributed by atoms with Crippen LogP contribution in [0.25, 0.3) is 0 Å². The molecule has 0 bridgehead atoms. The molecule has 0 saturated heterocycles. The van der Waals surface area contributed by atoms with Gasteiger partial charge >= 0.3 is 0 Å². The minimum atomic E-state index is -0.479. The Labute approximate surface area is 126 Å². The van der Waals surface area contributed by atoms with Crippen molar-refractivity contribution in [2.24, 2.45) is 0 Å². The van der Waals surface area contributed by atoms with Gasteiger partial charge in [-0.2, -0.15) is 0 Å². The average Bonchev–Trinajstić information content (AvgIpc) is 2.37. The van der Waals surface area contributed by atoms with E-state index in [9.17, 15) is 9.18 Å². The van der Waals surface area contributed by atoms with E-state index in [0.717, 1.165) is 18.4 Å². The summed E-state index contributed by atoms with van der Waals surface area (Å²) in [7, 11) is 0. The van der Waals surface area contributed by atoms with Gasteiger partial charge in [0, 0.05) is 10.0 Å². The van der Waals surface area contributed by atoms with Gasteiger partial charge in [0.15, 0.2) is 5.78 Å². The van der Waals surface area contributed by atoms with Crippen LogP contribution in [0.3, 0.4) is 0 Å². The number of carbonyl (C=O) groups is 1. The first kappa shape index (κ1) is 13.5. The van der Waals surface area contributed by atoms with Crippen LogP contribution >= 0.6 is 15.9 Å². The highest BCUT2D eigenvalue weighted by Gasteiger charge is 2.26. The Hall–Kier alpha value is -1.48. The fraction of sp³-hybridized carbons (Fsp3) is 0.235. The number of benzene rings is 2. The highest BCUT2D eigenvalue weighted by Crippen LogP contribution is 2.38. The Kier molecular flexibility index (Phi) is 3.70. The average molecular weight is 333 g/mol. The highest BCUT2D eigenvalue weighted by atomic mass is 79.9. The lowest BCUT2D eigenvalue weighted by Gasteiger charge is -2.27. The molecule has 1 aliphatic rings. The molecule has 1 aliphatic carbocycles. The fourth-order valence-corrected chi connectivity index (χ4v) is 3.15. The normalized spacial score (nSPS) is 14.9. The Morgan fingerprint density at radius 1 is 1.10 bits per heavy atom. The summed E-state index contributed by atoms with van der Waals surface area (Å²) < 4.78 is 14.5. The lowest BCUT2D eigenvalue weighted by molar-refractivity contribution is 0.103. The van der Waals surface area contributed by atoms with Gasteiger partial charge in [-0.05, 0) is 52.4 Å². The van der Waals surface area contributed by atoms with Gasteiger partial charge in [0.25, 0.3) is 0 Å². The summed E-state index contributed by atoms with van der Waals surface area (Å²) in [5, 5.41) is 0. The summed E-state index contributed by atoms with van der Waals surface area (Å²) in [5.41, 5.74) is 1.81. The smallest absolute Gasteiger partial charge is 0.197 e. The Morgan fingerprint density at radius 3 is 2.50 bits per heavy atom. The molecule has 3 rings (SSSR count). The van der Waals surface area contributed by atoms with Gasteiger partial charge < -0.3 is 0 Å². The van der Waals surface area contributed by atoms with Crippen LogP contribution in [0.15, 0.2) is 46.9 Å². The van der Waals surface area contributed by atoms with Gasteiger partial charge in [-0.3, -0.25) is 4.79 Å². The molecule has 2 aromatic carbocycles. The quantitative estimate of drug-likeness (QED) is 0.716. The van der Waals surface area contributed by atoms with Crippen molar-refractivity contribution in [3.63, 3.8) is 0 Å². The molecule has 0 N–H and O–H groups in total. The SMILES string of the molecule is O=C(c1ccccc1C1CCC1)c1c(F)cccc1Br. The van der Waals surface area contributed by atoms with Crippen molar-refractivity contribution in [3.8, 4) is 0 Å². The standard InChI is InChI=1S/C17H14BrFO/c18-14-9-4-10-15(19)16(14)17(20)13-8-2-1-7-12(13)11-5-3-6-11/h1-2,4,7-11H,3,5-6H2. The van der Waals surface area contributed by atoms with Crippen molar-refractivity contribution in [3.05, 3.63) is 69.4 Å². The van der Waals surface area contributed by atoms with Crippen LogP contribution in [0, 0.1) is 5.82 Å². The van der Waals surface area contributed by atoms with Crippen LogP contribution < -0.4 is 0 Å². The second-order valence-corrected chi connectivity index (χ2v) is 6.00. The third-order valence-corrected chi connectivity index (χ3v) is 4.60. The van der Waals surface area contributed by atoms with Crippen LogP contribution in [0.4, 0.5) is 4.39 Å². The molecule has 0 radical (unpaired) electrons. The predicted octanol–water partition coefficient (Wildman–Crippen LogP) is 5.09. The number of hydrogen-bond acceptors (Lipinski definition) is 1. The molecule has 1 fully saturated rings. The molecule has 0 heterocycles. The van der Waals surface area contributed by atoms with Gasteiger partial charge in [0.2, 0.25) is 0 Å². The van der Waals surface area contributed by atoms with Crippen LogP contribution in [0.5, 0.6) is 0 Å². The molecular formula is C17H14BrFO. The molecule has 3 heteroatoms. The fourth-order valence-electron chi connectivity index (χ4n) is 2.63. The molecule has 0 spiro atoms. The Balaban J connectivity index is 2.07. The van der Waals surface area contributed by atoms with Gasteiger partial charge in [0.1, 0.15) is 5.82 Å². The van der Waals surface area contributed by atoms with E-state index in [2.05, 4.69) is 15.9 Å². The van der Waals surface area contributed by atoms with Gasteiger partial charge in [0.05, 0.1) is 5.56 Å². The van der Waals surface area contributed by atoms with Crippen molar-refractivity contribution in [1.29, 1.82) is 0 Å². The molecule has 20 heavy (non-hydrogen) atoms. The third kappa shape index (κ3) is 2.31. The van der Waals surface area contributed by atoms with Crippen molar-refractivity contribution in [2.75, 3.05) is 0 Å². The van der Waals surface area contributed by atoms with E-state index in [-0.39, 0.29) is 11.3 Å². The molecule has 1 saturated carbocycles. The first-order valence-electron chi connectivity index (χ1n) is 6.76. The van der Waals surface area contributed by atoms with Crippen LogP contribution in [0.1, 0.15) is 46.7 Å². The summed E-state index contributed by atoms with van der Waals surface area (Å²) in [6, 6.07) is 12.2. The zero-order chi connectivity index (χ0) is 14.1. The molecule has 0 aliphatic heterocycles. The van der Waals surface area contributed by atoms with E-state index in [4.69, 9.17) is 0 Å². The van der Waals surface area contributed by atoms with E-state index >= 15 is 0 Å². The second-order valence-electron chi connectivity index (χ2n) is 5.14. The highest BCUT2D eigenvalue weighted by molar-refractivity contribution is 9.10. The second kappa shape index (κ2) is 5.49. The maximum Gasteiger partial charge on any atom is 0.197 e. The lowest BCUT2D eigenvalue weighted by Crippen LogP contribution is -2.15. The van der Waals surface area contributed by atoms with Crippen molar-refractivity contribution >= 4 is 21.7 Å². The summed E-state index contributed by atoms with van der Waals surface area (Å²) >= 11 is 3.28. The number of carbonyl (C=O) groups excluding carboxylic acids is 1. The van der Waals surface area contributed by atoms with E-state index in [1.165, 1.54) is 12.5 Å².